The number of phenols is 1. The molecule has 0 radical (unpaired) electrons. The second-order valence-corrected chi connectivity index (χ2v) is 3.99. The number of halogens is 1. The van der Waals surface area contributed by atoms with Crippen molar-refractivity contribution in [3.63, 3.8) is 0 Å². The number of carbonyl (C=O) groups is 1. The van der Waals surface area contributed by atoms with Crippen LogP contribution in [0.4, 0.5) is 4.39 Å². The Kier molecular flexibility index (Phi) is 5.58. The monoisotopic (exact) mass is 254 g/mol. The van der Waals surface area contributed by atoms with E-state index in [9.17, 15) is 14.3 Å². The van der Waals surface area contributed by atoms with Crippen LogP contribution in [0.15, 0.2) is 18.2 Å². The quantitative estimate of drug-likeness (QED) is 0.808. The van der Waals surface area contributed by atoms with Gasteiger partial charge in [-0.2, -0.15) is 0 Å². The summed E-state index contributed by atoms with van der Waals surface area (Å²) in [6.07, 6.45) is 0. The van der Waals surface area contributed by atoms with Gasteiger partial charge in [0.05, 0.1) is 6.54 Å². The molecule has 1 aromatic rings. The van der Waals surface area contributed by atoms with Crippen LogP contribution in [-0.2, 0) is 11.3 Å². The van der Waals surface area contributed by atoms with E-state index in [1.54, 1.807) is 4.90 Å². The number of rotatable bonds is 6. The van der Waals surface area contributed by atoms with Crippen LogP contribution in [0, 0.1) is 5.82 Å². The minimum Gasteiger partial charge on any atom is -0.508 e. The van der Waals surface area contributed by atoms with Gasteiger partial charge in [0.1, 0.15) is 11.6 Å². The van der Waals surface area contributed by atoms with Crippen molar-refractivity contribution in [2.24, 2.45) is 0 Å². The molecule has 0 saturated heterocycles. The van der Waals surface area contributed by atoms with Gasteiger partial charge in [0, 0.05) is 25.7 Å². The minimum absolute atomic E-state index is 0.0145. The Labute approximate surface area is 106 Å². The molecular formula is C13H19FN2O2. The third kappa shape index (κ3) is 4.33. The predicted molar refractivity (Wildman–Crippen MR) is 67.7 cm³/mol. The maximum atomic E-state index is 13.0. The molecule has 1 amide bonds. The average Bonchev–Trinajstić information content (AvgIpc) is 2.29. The van der Waals surface area contributed by atoms with Crippen LogP contribution >= 0.6 is 0 Å². The first-order chi connectivity index (χ1) is 8.56. The predicted octanol–water partition coefficient (Wildman–Crippen LogP) is 1.49. The van der Waals surface area contributed by atoms with E-state index < -0.39 is 5.82 Å². The average molecular weight is 254 g/mol. The molecule has 0 aliphatic carbocycles. The molecule has 0 aliphatic heterocycles. The lowest BCUT2D eigenvalue weighted by atomic mass is 10.2. The van der Waals surface area contributed by atoms with Crippen LogP contribution in [0.1, 0.15) is 19.4 Å². The molecule has 0 aromatic heterocycles. The fourth-order valence-electron chi connectivity index (χ4n) is 1.74. The number of likely N-dealkylation sites (N-methyl/N-ethyl adjacent to an activating group) is 1. The fourth-order valence-corrected chi connectivity index (χ4v) is 1.74. The molecule has 0 unspecified atom stereocenters. The highest BCUT2D eigenvalue weighted by Crippen LogP contribution is 2.14. The Morgan fingerprint density at radius 3 is 2.56 bits per heavy atom. The minimum atomic E-state index is -0.484. The van der Waals surface area contributed by atoms with E-state index in [2.05, 4.69) is 5.32 Å². The van der Waals surface area contributed by atoms with Crippen LogP contribution in [0.25, 0.3) is 0 Å². The highest BCUT2D eigenvalue weighted by molar-refractivity contribution is 5.78. The lowest BCUT2D eigenvalue weighted by molar-refractivity contribution is -0.129. The van der Waals surface area contributed by atoms with E-state index in [0.717, 1.165) is 6.07 Å². The highest BCUT2D eigenvalue weighted by Gasteiger charge is 2.08. The summed E-state index contributed by atoms with van der Waals surface area (Å²) in [5.41, 5.74) is 0.611. The first-order valence-electron chi connectivity index (χ1n) is 6.03. The van der Waals surface area contributed by atoms with Gasteiger partial charge in [-0.15, -0.1) is 0 Å². The second kappa shape index (κ2) is 6.96. The summed E-state index contributed by atoms with van der Waals surface area (Å²) in [6.45, 7) is 5.75. The summed E-state index contributed by atoms with van der Waals surface area (Å²) in [5.74, 6) is -0.579. The fraction of sp³-hybridized carbons (Fsp3) is 0.462. The van der Waals surface area contributed by atoms with Gasteiger partial charge in [0.2, 0.25) is 5.91 Å². The van der Waals surface area contributed by atoms with Crippen LogP contribution in [-0.4, -0.2) is 35.5 Å². The Bertz CT molecular complexity index is 386. The van der Waals surface area contributed by atoms with Crippen LogP contribution < -0.4 is 5.32 Å². The Hall–Kier alpha value is -1.62. The molecule has 100 valence electrons. The number of aromatic hydroxyl groups is 1. The molecule has 0 heterocycles. The lowest BCUT2D eigenvalue weighted by Gasteiger charge is -2.18. The summed E-state index contributed by atoms with van der Waals surface area (Å²) in [7, 11) is 0. The Morgan fingerprint density at radius 1 is 1.33 bits per heavy atom. The first-order valence-corrected chi connectivity index (χ1v) is 6.03. The lowest BCUT2D eigenvalue weighted by Crippen LogP contribution is -2.37. The summed E-state index contributed by atoms with van der Waals surface area (Å²) in [6, 6.07) is 3.84. The van der Waals surface area contributed by atoms with Gasteiger partial charge in [-0.05, 0) is 31.5 Å². The molecule has 1 rings (SSSR count). The summed E-state index contributed by atoms with van der Waals surface area (Å²) < 4.78 is 13.0. The van der Waals surface area contributed by atoms with Crippen molar-refractivity contribution in [3.8, 4) is 5.75 Å². The normalized spacial score (nSPS) is 10.4. The van der Waals surface area contributed by atoms with E-state index in [1.165, 1.54) is 12.1 Å². The van der Waals surface area contributed by atoms with E-state index >= 15 is 0 Å². The molecule has 18 heavy (non-hydrogen) atoms. The SMILES string of the molecule is CCN(CC)C(=O)CNCc1cc(O)cc(F)c1. The third-order valence-corrected chi connectivity index (χ3v) is 2.66. The number of phenolic OH excluding ortho intramolecular Hbond substituents is 1. The second-order valence-electron chi connectivity index (χ2n) is 3.99. The van der Waals surface area contributed by atoms with Crippen molar-refractivity contribution in [3.05, 3.63) is 29.6 Å². The molecule has 0 bridgehead atoms. The number of hydrogen-bond acceptors (Lipinski definition) is 3. The summed E-state index contributed by atoms with van der Waals surface area (Å²) in [5, 5.41) is 12.2. The van der Waals surface area contributed by atoms with Crippen molar-refractivity contribution in [2.75, 3.05) is 19.6 Å². The van der Waals surface area contributed by atoms with Gasteiger partial charge in [-0.3, -0.25) is 4.79 Å². The molecule has 0 spiro atoms. The molecule has 0 fully saturated rings. The number of nitrogens with zero attached hydrogens (tertiary/aromatic N) is 1. The first kappa shape index (κ1) is 14.4. The summed E-state index contributed by atoms with van der Waals surface area (Å²) in [4.78, 5) is 13.4. The third-order valence-electron chi connectivity index (χ3n) is 2.66. The molecule has 2 N–H and O–H groups in total. The van der Waals surface area contributed by atoms with Gasteiger partial charge >= 0.3 is 0 Å². The maximum Gasteiger partial charge on any atom is 0.236 e. The van der Waals surface area contributed by atoms with Crippen LogP contribution in [0.5, 0.6) is 5.75 Å². The smallest absolute Gasteiger partial charge is 0.236 e. The van der Waals surface area contributed by atoms with Crippen molar-refractivity contribution < 1.29 is 14.3 Å². The zero-order chi connectivity index (χ0) is 13.5. The number of benzene rings is 1. The zero-order valence-corrected chi connectivity index (χ0v) is 10.7. The standard InChI is InChI=1S/C13H19FN2O2/c1-3-16(4-2)13(18)9-15-8-10-5-11(14)7-12(17)6-10/h5-7,15,17H,3-4,8-9H2,1-2H3. The van der Waals surface area contributed by atoms with Crippen LogP contribution in [0.2, 0.25) is 0 Å². The zero-order valence-electron chi connectivity index (χ0n) is 10.7. The molecule has 1 aromatic carbocycles. The van der Waals surface area contributed by atoms with E-state index in [1.807, 2.05) is 13.8 Å². The molecule has 0 aliphatic rings. The number of amides is 1. The molecule has 0 saturated carbocycles. The van der Waals surface area contributed by atoms with Gasteiger partial charge in [0.25, 0.3) is 0 Å². The molecule has 5 heteroatoms. The molecule has 0 atom stereocenters. The molecule has 4 nitrogen and oxygen atoms in total. The van der Waals surface area contributed by atoms with E-state index in [0.29, 0.717) is 25.2 Å². The van der Waals surface area contributed by atoms with Crippen molar-refractivity contribution >= 4 is 5.91 Å². The number of carbonyl (C=O) groups excluding carboxylic acids is 1. The topological polar surface area (TPSA) is 52.6 Å². The van der Waals surface area contributed by atoms with Crippen molar-refractivity contribution in [1.29, 1.82) is 0 Å². The Balaban J connectivity index is 2.44. The van der Waals surface area contributed by atoms with Crippen molar-refractivity contribution in [2.45, 2.75) is 20.4 Å². The van der Waals surface area contributed by atoms with Gasteiger partial charge < -0.3 is 15.3 Å². The number of hydrogen-bond donors (Lipinski definition) is 2. The van der Waals surface area contributed by atoms with Crippen molar-refractivity contribution in [1.82, 2.24) is 10.2 Å². The van der Waals surface area contributed by atoms with E-state index in [4.69, 9.17) is 0 Å². The summed E-state index contributed by atoms with van der Waals surface area (Å²) >= 11 is 0. The van der Waals surface area contributed by atoms with Gasteiger partial charge in [0.15, 0.2) is 0 Å². The molecular weight excluding hydrogens is 235 g/mol. The van der Waals surface area contributed by atoms with Gasteiger partial charge in [-0.1, -0.05) is 0 Å². The van der Waals surface area contributed by atoms with Crippen LogP contribution in [0.3, 0.4) is 0 Å². The number of nitrogens with one attached hydrogen (secondary N) is 1. The Morgan fingerprint density at radius 2 is 2.00 bits per heavy atom. The maximum absolute atomic E-state index is 13.0. The van der Waals surface area contributed by atoms with Gasteiger partial charge in [-0.25, -0.2) is 4.39 Å². The largest absolute Gasteiger partial charge is 0.508 e. The highest BCUT2D eigenvalue weighted by atomic mass is 19.1. The van der Waals surface area contributed by atoms with E-state index in [-0.39, 0.29) is 18.2 Å².